The summed E-state index contributed by atoms with van der Waals surface area (Å²) in [6, 6.07) is 4.40. The molecule has 0 saturated carbocycles. The van der Waals surface area contributed by atoms with Crippen LogP contribution in [0, 0.1) is 13.8 Å². The van der Waals surface area contributed by atoms with Crippen molar-refractivity contribution in [2.24, 2.45) is 0 Å². The SMILES string of the molecule is Cc1cc2nc(-c3n[nH]c4c3CN(C(=O)N3CCCCC3)CC4)[nH]c2cc1C. The van der Waals surface area contributed by atoms with Crippen LogP contribution >= 0.6 is 0 Å². The van der Waals surface area contributed by atoms with Gasteiger partial charge >= 0.3 is 6.03 Å². The van der Waals surface area contributed by atoms with Gasteiger partial charge in [0.1, 0.15) is 5.69 Å². The van der Waals surface area contributed by atoms with Crippen molar-refractivity contribution in [3.8, 4) is 11.5 Å². The highest BCUT2D eigenvalue weighted by atomic mass is 16.2. The molecular formula is C21H26N6O. The van der Waals surface area contributed by atoms with Crippen molar-refractivity contribution in [1.29, 1.82) is 0 Å². The number of aromatic amines is 2. The van der Waals surface area contributed by atoms with Gasteiger partial charge in [0.15, 0.2) is 5.82 Å². The van der Waals surface area contributed by atoms with Crippen molar-refractivity contribution in [3.63, 3.8) is 0 Å². The quantitative estimate of drug-likeness (QED) is 0.680. The number of piperidine rings is 1. The third kappa shape index (κ3) is 2.85. The maximum absolute atomic E-state index is 12.9. The number of nitrogens with zero attached hydrogens (tertiary/aromatic N) is 4. The van der Waals surface area contributed by atoms with E-state index in [-0.39, 0.29) is 6.03 Å². The van der Waals surface area contributed by atoms with Crippen molar-refractivity contribution < 1.29 is 4.79 Å². The number of aromatic nitrogens is 4. The minimum absolute atomic E-state index is 0.161. The molecule has 7 heteroatoms. The molecule has 0 bridgehead atoms. The number of urea groups is 1. The third-order valence-corrected chi connectivity index (χ3v) is 6.15. The number of carbonyl (C=O) groups excluding carboxylic acids is 1. The lowest BCUT2D eigenvalue weighted by molar-refractivity contribution is 0.138. The van der Waals surface area contributed by atoms with Crippen molar-refractivity contribution in [2.75, 3.05) is 19.6 Å². The van der Waals surface area contributed by atoms with Crippen LogP contribution in [0.2, 0.25) is 0 Å². The van der Waals surface area contributed by atoms with Gasteiger partial charge in [0.2, 0.25) is 0 Å². The van der Waals surface area contributed by atoms with E-state index >= 15 is 0 Å². The van der Waals surface area contributed by atoms with E-state index in [1.54, 1.807) is 0 Å². The molecule has 28 heavy (non-hydrogen) atoms. The van der Waals surface area contributed by atoms with E-state index in [4.69, 9.17) is 4.98 Å². The van der Waals surface area contributed by atoms with Gasteiger partial charge in [-0.15, -0.1) is 0 Å². The molecule has 2 aliphatic rings. The molecule has 4 heterocycles. The summed E-state index contributed by atoms with van der Waals surface area (Å²) in [6.45, 7) is 7.29. The molecule has 1 saturated heterocycles. The van der Waals surface area contributed by atoms with Crippen LogP contribution < -0.4 is 0 Å². The number of nitrogens with one attached hydrogen (secondary N) is 2. The number of imidazole rings is 1. The Morgan fingerprint density at radius 1 is 1.04 bits per heavy atom. The summed E-state index contributed by atoms with van der Waals surface area (Å²) >= 11 is 0. The maximum Gasteiger partial charge on any atom is 0.320 e. The van der Waals surface area contributed by atoms with E-state index in [2.05, 4.69) is 41.2 Å². The van der Waals surface area contributed by atoms with Gasteiger partial charge in [-0.1, -0.05) is 0 Å². The summed E-state index contributed by atoms with van der Waals surface area (Å²) in [5.74, 6) is 0.768. The number of carbonyl (C=O) groups is 1. The topological polar surface area (TPSA) is 80.9 Å². The van der Waals surface area contributed by atoms with Gasteiger partial charge in [-0.3, -0.25) is 5.10 Å². The molecule has 0 radical (unpaired) electrons. The molecule has 0 unspecified atom stereocenters. The van der Waals surface area contributed by atoms with Crippen LogP contribution in [0.15, 0.2) is 12.1 Å². The molecule has 7 nitrogen and oxygen atoms in total. The van der Waals surface area contributed by atoms with Crippen LogP contribution in [0.1, 0.15) is 41.6 Å². The van der Waals surface area contributed by atoms with Crippen LogP contribution in [0.25, 0.3) is 22.6 Å². The first-order chi connectivity index (χ1) is 13.6. The summed E-state index contributed by atoms with van der Waals surface area (Å²) in [5.41, 5.74) is 7.48. The maximum atomic E-state index is 12.9. The van der Waals surface area contributed by atoms with Crippen molar-refractivity contribution >= 4 is 17.1 Å². The summed E-state index contributed by atoms with van der Waals surface area (Å²) < 4.78 is 0. The highest BCUT2D eigenvalue weighted by Gasteiger charge is 2.29. The fraction of sp³-hybridized carbons (Fsp3) is 0.476. The molecule has 5 rings (SSSR count). The third-order valence-electron chi connectivity index (χ3n) is 6.15. The van der Waals surface area contributed by atoms with Crippen molar-refractivity contribution in [2.45, 2.75) is 46.1 Å². The molecule has 3 aromatic rings. The fourth-order valence-corrected chi connectivity index (χ4v) is 4.32. The molecule has 0 aliphatic carbocycles. The van der Waals surface area contributed by atoms with Crippen LogP contribution in [0.5, 0.6) is 0 Å². The van der Waals surface area contributed by atoms with E-state index in [9.17, 15) is 4.79 Å². The zero-order chi connectivity index (χ0) is 19.3. The van der Waals surface area contributed by atoms with Crippen molar-refractivity contribution in [3.05, 3.63) is 34.5 Å². The number of hydrogen-bond acceptors (Lipinski definition) is 3. The van der Waals surface area contributed by atoms with Gasteiger partial charge in [-0.25, -0.2) is 9.78 Å². The lowest BCUT2D eigenvalue weighted by atomic mass is 10.0. The van der Waals surface area contributed by atoms with Crippen molar-refractivity contribution in [1.82, 2.24) is 30.0 Å². The molecule has 2 aromatic heterocycles. The zero-order valence-electron chi connectivity index (χ0n) is 16.5. The monoisotopic (exact) mass is 378 g/mol. The number of rotatable bonds is 1. The molecule has 2 amide bonds. The fourth-order valence-electron chi connectivity index (χ4n) is 4.32. The van der Waals surface area contributed by atoms with Gasteiger partial charge < -0.3 is 14.8 Å². The Morgan fingerprint density at radius 3 is 2.64 bits per heavy atom. The number of amides is 2. The molecule has 0 spiro atoms. The predicted octanol–water partition coefficient (Wildman–Crippen LogP) is 3.53. The van der Waals surface area contributed by atoms with E-state index < -0.39 is 0 Å². The number of fused-ring (bicyclic) bond motifs is 2. The second-order valence-electron chi connectivity index (χ2n) is 8.07. The van der Waals surface area contributed by atoms with Crippen LogP contribution in [0.3, 0.4) is 0 Å². The van der Waals surface area contributed by atoms with E-state index in [1.165, 1.54) is 17.5 Å². The Hall–Kier alpha value is -2.83. The van der Waals surface area contributed by atoms with Gasteiger partial charge in [0.05, 0.1) is 17.6 Å². The van der Waals surface area contributed by atoms with Gasteiger partial charge in [0, 0.05) is 37.3 Å². The highest BCUT2D eigenvalue weighted by molar-refractivity contribution is 5.81. The first-order valence-electron chi connectivity index (χ1n) is 10.2. The summed E-state index contributed by atoms with van der Waals surface area (Å²) in [5, 5.41) is 7.71. The Kier molecular flexibility index (Phi) is 4.10. The number of likely N-dealkylation sites (tertiary alicyclic amines) is 1. The Bertz CT molecular complexity index is 1000. The second-order valence-corrected chi connectivity index (χ2v) is 8.07. The largest absolute Gasteiger partial charge is 0.337 e. The Labute approximate surface area is 164 Å². The standard InChI is InChI=1S/C21H26N6O/c1-13-10-17-18(11-14(13)2)23-20(22-17)19-15-12-27(9-6-16(15)24-25-19)21(28)26-7-4-3-5-8-26/h10-11H,3-9,12H2,1-2H3,(H,22,23)(H,24,25). The lowest BCUT2D eigenvalue weighted by Gasteiger charge is -2.34. The van der Waals surface area contributed by atoms with E-state index in [0.717, 1.165) is 72.7 Å². The molecule has 1 fully saturated rings. The first kappa shape index (κ1) is 17.3. The minimum atomic E-state index is 0.161. The number of hydrogen-bond donors (Lipinski definition) is 2. The molecule has 0 atom stereocenters. The van der Waals surface area contributed by atoms with Crippen LogP contribution in [0.4, 0.5) is 4.79 Å². The normalized spacial score (nSPS) is 17.2. The number of benzene rings is 1. The average Bonchev–Trinajstić information content (AvgIpc) is 3.31. The minimum Gasteiger partial charge on any atom is -0.337 e. The average molecular weight is 378 g/mol. The van der Waals surface area contributed by atoms with Gasteiger partial charge in [0.25, 0.3) is 0 Å². The van der Waals surface area contributed by atoms with Gasteiger partial charge in [-0.2, -0.15) is 5.10 Å². The summed E-state index contributed by atoms with van der Waals surface area (Å²) in [7, 11) is 0. The molecule has 2 aliphatic heterocycles. The number of aryl methyl sites for hydroxylation is 2. The molecule has 1 aromatic carbocycles. The summed E-state index contributed by atoms with van der Waals surface area (Å²) in [6.07, 6.45) is 4.25. The Morgan fingerprint density at radius 2 is 1.82 bits per heavy atom. The lowest BCUT2D eigenvalue weighted by Crippen LogP contribution is -2.47. The second kappa shape index (κ2) is 6.65. The van der Waals surface area contributed by atoms with Crippen LogP contribution in [-0.2, 0) is 13.0 Å². The zero-order valence-corrected chi connectivity index (χ0v) is 16.5. The first-order valence-corrected chi connectivity index (χ1v) is 10.2. The molecular weight excluding hydrogens is 352 g/mol. The highest BCUT2D eigenvalue weighted by Crippen LogP contribution is 2.29. The molecule has 146 valence electrons. The molecule has 2 N–H and O–H groups in total. The van der Waals surface area contributed by atoms with E-state index in [1.807, 2.05) is 9.80 Å². The number of H-pyrrole nitrogens is 2. The van der Waals surface area contributed by atoms with Gasteiger partial charge in [-0.05, 0) is 56.4 Å². The van der Waals surface area contributed by atoms with Crippen LogP contribution in [-0.4, -0.2) is 55.6 Å². The van der Waals surface area contributed by atoms with E-state index in [0.29, 0.717) is 6.54 Å². The summed E-state index contributed by atoms with van der Waals surface area (Å²) in [4.78, 5) is 25.1. The smallest absolute Gasteiger partial charge is 0.320 e. The predicted molar refractivity (Wildman–Crippen MR) is 108 cm³/mol. The Balaban J connectivity index is 1.45.